The Bertz CT molecular complexity index is 1420. The maximum atomic E-state index is 11.8. The Morgan fingerprint density at radius 2 is 1.97 bits per heavy atom. The Kier molecular flexibility index (Phi) is 6.86. The van der Waals surface area contributed by atoms with Gasteiger partial charge in [0.05, 0.1) is 43.9 Å². The van der Waals surface area contributed by atoms with Crippen LogP contribution >= 0.6 is 23.4 Å². The van der Waals surface area contributed by atoms with Gasteiger partial charge in [-0.15, -0.1) is 15.7 Å². The summed E-state index contributed by atoms with van der Waals surface area (Å²) in [6.45, 7) is 2.14. The molecule has 2 aromatic rings. The van der Waals surface area contributed by atoms with E-state index < -0.39 is 10.1 Å². The summed E-state index contributed by atoms with van der Waals surface area (Å²) in [5, 5.41) is 12.4. The average molecular weight is 491 g/mol. The Morgan fingerprint density at radius 3 is 2.72 bits per heavy atom. The van der Waals surface area contributed by atoms with Gasteiger partial charge in [0.2, 0.25) is 0 Å². The molecule has 0 unspecified atom stereocenters. The lowest BCUT2D eigenvalue weighted by Gasteiger charge is -2.08. The lowest BCUT2D eigenvalue weighted by atomic mass is 10.1. The van der Waals surface area contributed by atoms with Crippen molar-refractivity contribution >= 4 is 49.4 Å². The Balaban J connectivity index is 1.82. The third kappa shape index (κ3) is 5.15. The van der Waals surface area contributed by atoms with Crippen molar-refractivity contribution in [2.75, 3.05) is 0 Å². The van der Waals surface area contributed by atoms with Gasteiger partial charge in [0.1, 0.15) is 4.90 Å². The van der Waals surface area contributed by atoms with E-state index in [-0.39, 0.29) is 10.6 Å². The van der Waals surface area contributed by atoms with Crippen molar-refractivity contribution in [3.63, 3.8) is 0 Å². The van der Waals surface area contributed by atoms with Crippen LogP contribution in [0, 0.1) is 0 Å². The van der Waals surface area contributed by atoms with Crippen LogP contribution in [0.15, 0.2) is 69.4 Å². The Hall–Kier alpha value is -2.38. The van der Waals surface area contributed by atoms with Gasteiger partial charge in [0.25, 0.3) is 10.1 Å². The first-order valence-corrected chi connectivity index (χ1v) is 12.5. The van der Waals surface area contributed by atoms with Gasteiger partial charge in [-0.2, -0.15) is 8.42 Å². The fraction of sp³-hybridized carbons (Fsp3) is 0.143. The van der Waals surface area contributed by atoms with Gasteiger partial charge in [-0.3, -0.25) is 4.55 Å². The zero-order chi connectivity index (χ0) is 22.7. The highest BCUT2D eigenvalue weighted by atomic mass is 32.2. The number of hydrogen-bond acceptors (Lipinski definition) is 9. The minimum absolute atomic E-state index is 0.0151. The van der Waals surface area contributed by atoms with Crippen LogP contribution in [-0.4, -0.2) is 23.2 Å². The third-order valence-corrected chi connectivity index (χ3v) is 7.17. The number of fused-ring (bicyclic) bond motifs is 2. The fourth-order valence-corrected chi connectivity index (χ4v) is 5.20. The average Bonchev–Trinajstić information content (AvgIpc) is 2.76. The number of rotatable bonds is 7. The summed E-state index contributed by atoms with van der Waals surface area (Å²) in [6, 6.07) is 15.6. The first-order valence-electron chi connectivity index (χ1n) is 9.52. The smallest absolute Gasteiger partial charge is 0.282 e. The minimum Gasteiger partial charge on any atom is -0.282 e. The number of benzene rings is 3. The molecule has 11 heteroatoms. The molecule has 32 heavy (non-hydrogen) atoms. The fourth-order valence-electron chi connectivity index (χ4n) is 3.22. The molecule has 1 heterocycles. The predicted molar refractivity (Wildman–Crippen MR) is 122 cm³/mol. The van der Waals surface area contributed by atoms with Gasteiger partial charge in [0.15, 0.2) is 0 Å². The van der Waals surface area contributed by atoms with Crippen molar-refractivity contribution in [3.8, 4) is 10.6 Å². The van der Waals surface area contributed by atoms with Crippen molar-refractivity contribution in [2.24, 2.45) is 4.99 Å². The van der Waals surface area contributed by atoms with Crippen LogP contribution in [0.25, 0.3) is 20.8 Å². The molecule has 1 aliphatic carbocycles. The molecule has 1 aliphatic heterocycles. The molecule has 0 amide bonds. The summed E-state index contributed by atoms with van der Waals surface area (Å²) in [7, 11) is -4.51. The molecule has 166 valence electrons. The van der Waals surface area contributed by atoms with Crippen molar-refractivity contribution in [2.45, 2.75) is 29.6 Å². The molecular formula is C21H18N2O6S3. The summed E-state index contributed by atoms with van der Waals surface area (Å²) in [5.74, 6) is 0. The second-order valence-electron chi connectivity index (χ2n) is 6.86. The van der Waals surface area contributed by atoms with Gasteiger partial charge >= 0.3 is 0 Å². The molecule has 0 atom stereocenters. The van der Waals surface area contributed by atoms with Crippen LogP contribution in [0.5, 0.6) is 0 Å². The summed E-state index contributed by atoms with van der Waals surface area (Å²) < 4.78 is 38.6. The zero-order valence-electron chi connectivity index (χ0n) is 16.8. The van der Waals surface area contributed by atoms with E-state index >= 15 is 0 Å². The third-order valence-electron chi connectivity index (χ3n) is 4.58. The summed E-state index contributed by atoms with van der Waals surface area (Å²) in [5.41, 5.74) is 3.00. The lowest BCUT2D eigenvalue weighted by molar-refractivity contribution is -0.432. The van der Waals surface area contributed by atoms with E-state index in [9.17, 15) is 13.0 Å². The molecule has 0 spiro atoms. The molecule has 2 aliphatic rings. The van der Waals surface area contributed by atoms with Crippen LogP contribution in [0.2, 0.25) is 0 Å². The van der Waals surface area contributed by atoms with E-state index in [0.717, 1.165) is 33.6 Å². The van der Waals surface area contributed by atoms with Crippen LogP contribution in [-0.2, 0) is 25.9 Å². The molecule has 0 radical (unpaired) electrons. The van der Waals surface area contributed by atoms with Crippen molar-refractivity contribution in [3.05, 3.63) is 65.5 Å². The van der Waals surface area contributed by atoms with Crippen LogP contribution in [0.3, 0.4) is 0 Å². The minimum atomic E-state index is -4.51. The highest BCUT2D eigenvalue weighted by molar-refractivity contribution is 7.94. The van der Waals surface area contributed by atoms with Gasteiger partial charge in [-0.05, 0) is 60.5 Å². The number of nitrogens with zero attached hydrogens (tertiary/aromatic N) is 2. The monoisotopic (exact) mass is 490 g/mol. The van der Waals surface area contributed by atoms with E-state index in [1.54, 1.807) is 17.4 Å². The van der Waals surface area contributed by atoms with Gasteiger partial charge in [-0.25, -0.2) is 15.2 Å². The molecule has 0 aromatic heterocycles. The van der Waals surface area contributed by atoms with E-state index in [2.05, 4.69) is 39.5 Å². The molecule has 8 nitrogen and oxygen atoms in total. The van der Waals surface area contributed by atoms with Gasteiger partial charge in [0, 0.05) is 4.90 Å². The largest absolute Gasteiger partial charge is 0.296 e. The maximum Gasteiger partial charge on any atom is 0.296 e. The number of aryl methyl sites for hydroxylation is 1. The van der Waals surface area contributed by atoms with Gasteiger partial charge in [-0.1, -0.05) is 24.4 Å². The summed E-state index contributed by atoms with van der Waals surface area (Å²) in [4.78, 5) is 10.1. The van der Waals surface area contributed by atoms with Crippen LogP contribution in [0.4, 0.5) is 5.69 Å². The predicted octanol–water partition coefficient (Wildman–Crippen LogP) is 5.26. The molecule has 0 saturated heterocycles. The first kappa shape index (κ1) is 22.8. The van der Waals surface area contributed by atoms with Crippen LogP contribution < -0.4 is 5.36 Å². The molecule has 4 rings (SSSR count). The molecule has 2 N–H and O–H groups in total. The Morgan fingerprint density at radius 1 is 1.12 bits per heavy atom. The lowest BCUT2D eigenvalue weighted by Crippen LogP contribution is -2.04. The van der Waals surface area contributed by atoms with Crippen LogP contribution in [0.1, 0.15) is 18.9 Å². The van der Waals surface area contributed by atoms with Crippen molar-refractivity contribution in [1.29, 1.82) is 0 Å². The standard InChI is InChI=1S/C21H18N2O6S3/c1-2-3-13-4-8-19-17(10-13)23-16-7-5-14(11-20(16)30-19)22-18-12-15(31-29-28-24)6-9-21(18)32(25,26)27/h4-12,24H,2-3H2,1H3,(H,25,26,27)/b22-14-. The molecule has 0 fully saturated rings. The SMILES string of the molecule is CCCc1ccc2sc3c/c(=N\c4cc(SOOO)ccc4S(=O)(=O)O)ccc-3nc2c1. The quantitative estimate of drug-likeness (QED) is 0.118. The second-order valence-corrected chi connectivity index (χ2v) is 10.1. The molecule has 2 aromatic carbocycles. The van der Waals surface area contributed by atoms with E-state index in [0.29, 0.717) is 22.3 Å². The number of hydrogen-bond donors (Lipinski definition) is 2. The number of aromatic nitrogens is 1. The van der Waals surface area contributed by atoms with E-state index in [1.165, 1.54) is 23.8 Å². The maximum absolute atomic E-state index is 11.8. The highest BCUT2D eigenvalue weighted by Gasteiger charge is 2.16. The van der Waals surface area contributed by atoms with E-state index in [1.807, 2.05) is 12.1 Å². The second kappa shape index (κ2) is 9.63. The zero-order valence-corrected chi connectivity index (χ0v) is 19.2. The van der Waals surface area contributed by atoms with Gasteiger partial charge < -0.3 is 0 Å². The van der Waals surface area contributed by atoms with E-state index in [4.69, 9.17) is 10.2 Å². The van der Waals surface area contributed by atoms with Crippen molar-refractivity contribution in [1.82, 2.24) is 4.98 Å². The topological polar surface area (TPSA) is 118 Å². The molecule has 0 bridgehead atoms. The van der Waals surface area contributed by atoms with Crippen molar-refractivity contribution < 1.29 is 27.6 Å². The summed E-state index contributed by atoms with van der Waals surface area (Å²) >= 11 is 2.22. The summed E-state index contributed by atoms with van der Waals surface area (Å²) in [6.07, 6.45) is 2.07. The Labute approximate surface area is 192 Å². The highest BCUT2D eigenvalue weighted by Crippen LogP contribution is 2.32. The molecule has 0 saturated carbocycles. The normalized spacial score (nSPS) is 12.7. The first-order chi connectivity index (χ1) is 15.4. The molecular weight excluding hydrogens is 472 g/mol.